The largest absolute Gasteiger partial charge is 0.490 e. The molecule has 1 aliphatic rings. The number of hydrogen-bond donors (Lipinski definition) is 1. The minimum absolute atomic E-state index is 0.148. The van der Waals surface area contributed by atoms with Crippen LogP contribution < -0.4 is 10.5 Å². The zero-order chi connectivity index (χ0) is 13.0. The Balaban J connectivity index is 1.90. The summed E-state index contributed by atoms with van der Waals surface area (Å²) in [5, 5.41) is 0. The molecule has 1 fully saturated rings. The van der Waals surface area contributed by atoms with Gasteiger partial charge >= 0.3 is 0 Å². The van der Waals surface area contributed by atoms with Gasteiger partial charge in [0.25, 0.3) is 0 Å². The van der Waals surface area contributed by atoms with Gasteiger partial charge in [0.1, 0.15) is 5.75 Å². The Morgan fingerprint density at radius 3 is 2.33 bits per heavy atom. The summed E-state index contributed by atoms with van der Waals surface area (Å²) in [6.45, 7) is 4.44. The third-order valence-corrected chi connectivity index (χ3v) is 4.01. The molecule has 1 saturated carbocycles. The Morgan fingerprint density at radius 1 is 1.17 bits per heavy atom. The number of nitrogens with two attached hydrogens (primary N) is 1. The molecule has 0 aromatic heterocycles. The van der Waals surface area contributed by atoms with Gasteiger partial charge in [0.15, 0.2) is 0 Å². The lowest BCUT2D eigenvalue weighted by Crippen LogP contribution is -2.23. The van der Waals surface area contributed by atoms with Crippen LogP contribution in [0.15, 0.2) is 24.3 Å². The number of ether oxygens (including phenoxy) is 1. The number of rotatable bonds is 4. The van der Waals surface area contributed by atoms with Crippen LogP contribution in [0.3, 0.4) is 0 Å². The highest BCUT2D eigenvalue weighted by molar-refractivity contribution is 5.29. The second kappa shape index (κ2) is 6.24. The van der Waals surface area contributed by atoms with Crippen LogP contribution in [0.25, 0.3) is 0 Å². The van der Waals surface area contributed by atoms with E-state index < -0.39 is 0 Å². The molecule has 2 heteroatoms. The molecule has 18 heavy (non-hydrogen) atoms. The predicted molar refractivity (Wildman–Crippen MR) is 75.7 cm³/mol. The molecule has 0 bridgehead atoms. The molecule has 0 heterocycles. The second-order valence-corrected chi connectivity index (χ2v) is 5.58. The fourth-order valence-corrected chi connectivity index (χ4v) is 2.57. The van der Waals surface area contributed by atoms with Gasteiger partial charge in [0.05, 0.1) is 6.10 Å². The molecular weight excluding hydrogens is 222 g/mol. The lowest BCUT2D eigenvalue weighted by atomic mass is 9.89. The first-order chi connectivity index (χ1) is 8.69. The van der Waals surface area contributed by atoms with Crippen molar-refractivity contribution in [2.24, 2.45) is 11.7 Å². The fourth-order valence-electron chi connectivity index (χ4n) is 2.57. The van der Waals surface area contributed by atoms with Crippen molar-refractivity contribution < 1.29 is 4.74 Å². The zero-order valence-electron chi connectivity index (χ0n) is 11.6. The maximum Gasteiger partial charge on any atom is 0.119 e. The standard InChI is InChI=1S/C16H25NO/c1-3-16(17)13-6-10-15(11-7-13)18-14-8-4-12(2)5-9-14/h6-7,10-12,14,16H,3-5,8-9,17H2,1-2H3/t12?,14?,16-/m0/s1. The molecule has 0 radical (unpaired) electrons. The highest BCUT2D eigenvalue weighted by atomic mass is 16.5. The van der Waals surface area contributed by atoms with E-state index >= 15 is 0 Å². The summed E-state index contributed by atoms with van der Waals surface area (Å²) in [6, 6.07) is 8.45. The van der Waals surface area contributed by atoms with Crippen LogP contribution in [0, 0.1) is 5.92 Å². The van der Waals surface area contributed by atoms with Crippen molar-refractivity contribution in [3.05, 3.63) is 29.8 Å². The van der Waals surface area contributed by atoms with Crippen LogP contribution >= 0.6 is 0 Å². The van der Waals surface area contributed by atoms with Gasteiger partial charge in [-0.2, -0.15) is 0 Å². The Morgan fingerprint density at radius 2 is 1.78 bits per heavy atom. The Hall–Kier alpha value is -1.02. The van der Waals surface area contributed by atoms with Gasteiger partial charge < -0.3 is 10.5 Å². The average Bonchev–Trinajstić information content (AvgIpc) is 2.41. The first-order valence-corrected chi connectivity index (χ1v) is 7.21. The van der Waals surface area contributed by atoms with E-state index in [1.165, 1.54) is 31.2 Å². The Labute approximate surface area is 111 Å². The van der Waals surface area contributed by atoms with Crippen LogP contribution in [0.2, 0.25) is 0 Å². The van der Waals surface area contributed by atoms with E-state index in [0.717, 1.165) is 18.1 Å². The van der Waals surface area contributed by atoms with Crippen LogP contribution in [-0.4, -0.2) is 6.10 Å². The van der Waals surface area contributed by atoms with Gasteiger partial charge in [0.2, 0.25) is 0 Å². The fraction of sp³-hybridized carbons (Fsp3) is 0.625. The highest BCUT2D eigenvalue weighted by Gasteiger charge is 2.19. The second-order valence-electron chi connectivity index (χ2n) is 5.58. The molecule has 0 aliphatic heterocycles. The molecule has 1 aromatic rings. The van der Waals surface area contributed by atoms with Crippen LogP contribution in [0.4, 0.5) is 0 Å². The first kappa shape index (κ1) is 13.4. The molecule has 2 nitrogen and oxygen atoms in total. The molecular formula is C16H25NO. The maximum atomic E-state index is 6.03. The molecule has 100 valence electrons. The van der Waals surface area contributed by atoms with E-state index in [1.807, 2.05) is 0 Å². The molecule has 2 rings (SSSR count). The van der Waals surface area contributed by atoms with E-state index in [2.05, 4.69) is 38.1 Å². The Kier molecular flexibility index (Phi) is 4.65. The third kappa shape index (κ3) is 3.49. The van der Waals surface area contributed by atoms with Gasteiger partial charge in [0, 0.05) is 6.04 Å². The molecule has 1 aromatic carbocycles. The van der Waals surface area contributed by atoms with Crippen molar-refractivity contribution in [1.82, 2.24) is 0 Å². The smallest absolute Gasteiger partial charge is 0.119 e. The summed E-state index contributed by atoms with van der Waals surface area (Å²) in [7, 11) is 0. The normalized spacial score (nSPS) is 25.7. The number of hydrogen-bond acceptors (Lipinski definition) is 2. The van der Waals surface area contributed by atoms with Crippen molar-refractivity contribution in [1.29, 1.82) is 0 Å². The van der Waals surface area contributed by atoms with Gasteiger partial charge in [-0.15, -0.1) is 0 Å². The highest BCUT2D eigenvalue weighted by Crippen LogP contribution is 2.27. The summed E-state index contributed by atoms with van der Waals surface area (Å²) in [5.74, 6) is 1.86. The van der Waals surface area contributed by atoms with E-state index in [-0.39, 0.29) is 6.04 Å². The van der Waals surface area contributed by atoms with Gasteiger partial charge in [-0.25, -0.2) is 0 Å². The zero-order valence-corrected chi connectivity index (χ0v) is 11.6. The summed E-state index contributed by atoms with van der Waals surface area (Å²) < 4.78 is 6.03. The average molecular weight is 247 g/mol. The SMILES string of the molecule is CC[C@H](N)c1ccc(OC2CCC(C)CC2)cc1. The van der Waals surface area contributed by atoms with Crippen LogP contribution in [0.5, 0.6) is 5.75 Å². The van der Waals surface area contributed by atoms with E-state index in [9.17, 15) is 0 Å². The van der Waals surface area contributed by atoms with Crippen molar-refractivity contribution in [2.75, 3.05) is 0 Å². The van der Waals surface area contributed by atoms with Crippen molar-refractivity contribution in [2.45, 2.75) is 58.1 Å². The minimum atomic E-state index is 0.148. The summed E-state index contributed by atoms with van der Waals surface area (Å²) in [6.07, 6.45) is 6.36. The molecule has 1 atom stereocenters. The lowest BCUT2D eigenvalue weighted by Gasteiger charge is -2.27. The monoisotopic (exact) mass is 247 g/mol. The van der Waals surface area contributed by atoms with Crippen molar-refractivity contribution in [3.8, 4) is 5.75 Å². The summed E-state index contributed by atoms with van der Waals surface area (Å²) >= 11 is 0. The maximum absolute atomic E-state index is 6.03. The first-order valence-electron chi connectivity index (χ1n) is 7.21. The van der Waals surface area contributed by atoms with Crippen molar-refractivity contribution in [3.63, 3.8) is 0 Å². The Bertz CT molecular complexity index is 352. The van der Waals surface area contributed by atoms with Gasteiger partial charge in [-0.1, -0.05) is 26.0 Å². The molecule has 0 amide bonds. The molecule has 0 saturated heterocycles. The minimum Gasteiger partial charge on any atom is -0.490 e. The molecule has 0 spiro atoms. The van der Waals surface area contributed by atoms with Gasteiger partial charge in [-0.3, -0.25) is 0 Å². The van der Waals surface area contributed by atoms with Crippen LogP contribution in [-0.2, 0) is 0 Å². The van der Waals surface area contributed by atoms with Crippen molar-refractivity contribution >= 4 is 0 Å². The molecule has 1 aliphatic carbocycles. The van der Waals surface area contributed by atoms with E-state index in [1.54, 1.807) is 0 Å². The number of benzene rings is 1. The topological polar surface area (TPSA) is 35.2 Å². The molecule has 0 unspecified atom stereocenters. The van der Waals surface area contributed by atoms with E-state index in [4.69, 9.17) is 10.5 Å². The van der Waals surface area contributed by atoms with E-state index in [0.29, 0.717) is 6.10 Å². The van der Waals surface area contributed by atoms with Gasteiger partial charge in [-0.05, 0) is 55.7 Å². The van der Waals surface area contributed by atoms with Crippen LogP contribution in [0.1, 0.15) is 57.6 Å². The summed E-state index contributed by atoms with van der Waals surface area (Å²) in [4.78, 5) is 0. The summed E-state index contributed by atoms with van der Waals surface area (Å²) in [5.41, 5.74) is 7.20. The lowest BCUT2D eigenvalue weighted by molar-refractivity contribution is 0.135. The predicted octanol–water partition coefficient (Wildman–Crippen LogP) is 4.05. The quantitative estimate of drug-likeness (QED) is 0.871. The molecule has 2 N–H and O–H groups in total. The third-order valence-electron chi connectivity index (χ3n) is 4.01.